The Kier molecular flexibility index (Phi) is 4.39. The summed E-state index contributed by atoms with van der Waals surface area (Å²) in [4.78, 5) is 3.83. The van der Waals surface area contributed by atoms with Crippen LogP contribution in [-0.2, 0) is 5.41 Å². The highest BCUT2D eigenvalue weighted by Crippen LogP contribution is 2.48. The van der Waals surface area contributed by atoms with Gasteiger partial charge in [-0.15, -0.1) is 0 Å². The fraction of sp³-hybridized carbons (Fsp3) is 0.409. The van der Waals surface area contributed by atoms with E-state index in [1.165, 1.54) is 26.9 Å². The highest BCUT2D eigenvalue weighted by atomic mass is 32.2. The number of hydrogen-bond acceptors (Lipinski definition) is 3. The molecule has 1 aromatic rings. The van der Waals surface area contributed by atoms with E-state index in [2.05, 4.69) is 93.8 Å². The molecule has 0 bridgehead atoms. The Morgan fingerprint density at radius 1 is 1.15 bits per heavy atom. The summed E-state index contributed by atoms with van der Waals surface area (Å²) >= 11 is 4.02. The van der Waals surface area contributed by atoms with Crippen molar-refractivity contribution in [3.63, 3.8) is 0 Å². The van der Waals surface area contributed by atoms with Gasteiger partial charge in [0.25, 0.3) is 0 Å². The molecule has 3 aliphatic rings. The Balaban J connectivity index is 1.58. The second-order valence-electron chi connectivity index (χ2n) is 7.85. The third kappa shape index (κ3) is 2.61. The molecule has 1 aromatic carbocycles. The Morgan fingerprint density at radius 2 is 1.88 bits per heavy atom. The molecular weight excluding hydrogens is 356 g/mol. The fourth-order valence-electron chi connectivity index (χ4n) is 4.20. The lowest BCUT2D eigenvalue weighted by molar-refractivity contribution is -0.502. The summed E-state index contributed by atoms with van der Waals surface area (Å²) in [5.74, 6) is 0. The monoisotopic (exact) mass is 383 g/mol. The van der Waals surface area contributed by atoms with Crippen LogP contribution in [0, 0.1) is 0 Å². The highest BCUT2D eigenvalue weighted by Gasteiger charge is 2.46. The molecule has 0 fully saturated rings. The molecule has 3 heterocycles. The van der Waals surface area contributed by atoms with Crippen molar-refractivity contribution in [3.05, 3.63) is 64.2 Å². The van der Waals surface area contributed by atoms with Crippen molar-refractivity contribution in [1.82, 2.24) is 0 Å². The van der Waals surface area contributed by atoms with Crippen molar-refractivity contribution in [2.75, 3.05) is 19.0 Å². The van der Waals surface area contributed by atoms with Crippen LogP contribution in [0.1, 0.15) is 33.3 Å². The van der Waals surface area contributed by atoms with Gasteiger partial charge < -0.3 is 4.90 Å². The number of thioether (sulfide) groups is 2. The van der Waals surface area contributed by atoms with E-state index in [9.17, 15) is 0 Å². The molecule has 0 amide bonds. The van der Waals surface area contributed by atoms with Gasteiger partial charge in [-0.05, 0) is 53.8 Å². The maximum Gasteiger partial charge on any atom is 0.236 e. The Hall–Kier alpha value is -1.39. The molecule has 0 spiro atoms. The largest absolute Gasteiger partial charge is 0.347 e. The first-order valence-electron chi connectivity index (χ1n) is 9.15. The summed E-state index contributed by atoms with van der Waals surface area (Å²) < 4.78 is 2.44. The van der Waals surface area contributed by atoms with E-state index in [-0.39, 0.29) is 5.41 Å². The van der Waals surface area contributed by atoms with Crippen LogP contribution in [0.3, 0.4) is 0 Å². The van der Waals surface area contributed by atoms with Crippen molar-refractivity contribution in [1.29, 1.82) is 0 Å². The van der Waals surface area contributed by atoms with E-state index < -0.39 is 0 Å². The van der Waals surface area contributed by atoms with Crippen LogP contribution in [0.25, 0.3) is 0 Å². The van der Waals surface area contributed by atoms with E-state index in [4.69, 9.17) is 0 Å². The normalized spacial score (nSPS) is 28.7. The average molecular weight is 384 g/mol. The van der Waals surface area contributed by atoms with Crippen molar-refractivity contribution in [2.24, 2.45) is 0 Å². The summed E-state index contributed by atoms with van der Waals surface area (Å²) in [6, 6.07) is 8.73. The van der Waals surface area contributed by atoms with Crippen LogP contribution in [0.15, 0.2) is 58.7 Å². The first-order chi connectivity index (χ1) is 12.3. The molecule has 2 unspecified atom stereocenters. The zero-order chi connectivity index (χ0) is 18.6. The van der Waals surface area contributed by atoms with Gasteiger partial charge in [0.15, 0.2) is 0 Å². The van der Waals surface area contributed by atoms with Gasteiger partial charge in [-0.2, -0.15) is 0 Å². The lowest BCUT2D eigenvalue weighted by Gasteiger charge is -2.23. The lowest BCUT2D eigenvalue weighted by Crippen LogP contribution is -2.22. The number of rotatable bonds is 2. The summed E-state index contributed by atoms with van der Waals surface area (Å²) in [5, 5.41) is 2.53. The molecule has 4 rings (SSSR count). The topological polar surface area (TPSA) is 6.25 Å². The molecule has 0 saturated heterocycles. The SMILES string of the molecule is CC1=C(C)C2SC(C=CC=C3N(C)c4ccccc4C3(C)C)=[N+](C)C2S1. The molecule has 4 heteroatoms. The van der Waals surface area contributed by atoms with Gasteiger partial charge in [-0.25, -0.2) is 4.58 Å². The van der Waals surface area contributed by atoms with E-state index in [1.54, 1.807) is 5.57 Å². The highest BCUT2D eigenvalue weighted by molar-refractivity contribution is 8.16. The fourth-order valence-corrected chi connectivity index (χ4v) is 7.30. The lowest BCUT2D eigenvalue weighted by atomic mass is 9.84. The van der Waals surface area contributed by atoms with Crippen molar-refractivity contribution in [3.8, 4) is 0 Å². The molecule has 0 radical (unpaired) electrons. The van der Waals surface area contributed by atoms with Gasteiger partial charge in [0.1, 0.15) is 12.3 Å². The smallest absolute Gasteiger partial charge is 0.236 e. The maximum atomic E-state index is 2.44. The standard InChI is InChI=1S/C22H27N2S2/c1-14-15(2)25-21-20(14)26-19(24(21)6)13-9-12-18-22(3,4)16-10-7-8-11-17(16)23(18)5/h7-13,20-21H,1-6H3/q+1. The molecule has 26 heavy (non-hydrogen) atoms. The number of likely N-dealkylation sites (N-methyl/N-ethyl adjacent to an activating group) is 1. The van der Waals surface area contributed by atoms with Crippen LogP contribution in [0.4, 0.5) is 5.69 Å². The summed E-state index contributed by atoms with van der Waals surface area (Å²) in [7, 11) is 4.40. The van der Waals surface area contributed by atoms with Crippen molar-refractivity contribution < 1.29 is 4.58 Å². The first-order valence-corrected chi connectivity index (χ1v) is 10.9. The molecule has 3 aliphatic heterocycles. The molecule has 2 atom stereocenters. The second-order valence-corrected chi connectivity index (χ2v) is 10.3. The van der Waals surface area contributed by atoms with Gasteiger partial charge in [-0.1, -0.05) is 49.9 Å². The minimum absolute atomic E-state index is 0.0396. The molecule has 2 nitrogen and oxygen atoms in total. The summed E-state index contributed by atoms with van der Waals surface area (Å²) in [6.45, 7) is 9.17. The van der Waals surface area contributed by atoms with Crippen LogP contribution >= 0.6 is 23.5 Å². The van der Waals surface area contributed by atoms with Gasteiger partial charge in [-0.3, -0.25) is 0 Å². The molecular formula is C22H27N2S2+. The number of para-hydroxylation sites is 1. The molecule has 0 saturated carbocycles. The Bertz CT molecular complexity index is 889. The first kappa shape index (κ1) is 18.0. The van der Waals surface area contributed by atoms with E-state index in [0.29, 0.717) is 10.6 Å². The molecule has 0 aromatic heterocycles. The maximum absolute atomic E-state index is 2.44. The van der Waals surface area contributed by atoms with Gasteiger partial charge >= 0.3 is 0 Å². The van der Waals surface area contributed by atoms with Crippen LogP contribution in [0.5, 0.6) is 0 Å². The van der Waals surface area contributed by atoms with Gasteiger partial charge in [0.05, 0.1) is 0 Å². The van der Waals surface area contributed by atoms with E-state index in [0.717, 1.165) is 0 Å². The van der Waals surface area contributed by atoms with Crippen LogP contribution < -0.4 is 4.90 Å². The summed E-state index contributed by atoms with van der Waals surface area (Å²) in [5.41, 5.74) is 5.66. The van der Waals surface area contributed by atoms with Gasteiger partial charge in [0, 0.05) is 29.9 Å². The zero-order valence-corrected chi connectivity index (χ0v) is 18.0. The van der Waals surface area contributed by atoms with E-state index >= 15 is 0 Å². The third-order valence-corrected chi connectivity index (χ3v) is 9.16. The minimum atomic E-state index is 0.0396. The van der Waals surface area contributed by atoms with Crippen molar-refractivity contribution >= 4 is 34.3 Å². The number of allylic oxidation sites excluding steroid dienone is 4. The quantitative estimate of drug-likeness (QED) is 0.633. The second kappa shape index (κ2) is 6.35. The number of hydrogen-bond donors (Lipinski definition) is 0. The van der Waals surface area contributed by atoms with Crippen LogP contribution in [-0.4, -0.2) is 34.3 Å². The van der Waals surface area contributed by atoms with Crippen molar-refractivity contribution in [2.45, 2.75) is 43.7 Å². The molecule has 0 N–H and O–H groups in total. The number of nitrogens with zero attached hydrogens (tertiary/aromatic N) is 2. The predicted octanol–water partition coefficient (Wildman–Crippen LogP) is 5.38. The Labute approximate surface area is 165 Å². The number of benzene rings is 1. The number of anilines is 1. The van der Waals surface area contributed by atoms with Gasteiger partial charge in [0.2, 0.25) is 10.4 Å². The molecule has 0 aliphatic carbocycles. The summed E-state index contributed by atoms with van der Waals surface area (Å²) in [6.07, 6.45) is 6.80. The Morgan fingerprint density at radius 3 is 2.58 bits per heavy atom. The minimum Gasteiger partial charge on any atom is -0.347 e. The third-order valence-electron chi connectivity index (χ3n) is 5.95. The average Bonchev–Trinajstić information content (AvgIpc) is 3.14. The number of fused-ring (bicyclic) bond motifs is 2. The van der Waals surface area contributed by atoms with Crippen LogP contribution in [0.2, 0.25) is 0 Å². The predicted molar refractivity (Wildman–Crippen MR) is 117 cm³/mol. The zero-order valence-electron chi connectivity index (χ0n) is 16.4. The molecule has 136 valence electrons. The van der Waals surface area contributed by atoms with E-state index in [1.807, 2.05) is 23.5 Å².